The molecule has 0 aliphatic rings. The lowest BCUT2D eigenvalue weighted by atomic mass is 9.95. The van der Waals surface area contributed by atoms with Gasteiger partial charge in [0.1, 0.15) is 0 Å². The van der Waals surface area contributed by atoms with Gasteiger partial charge in [0.15, 0.2) is 0 Å². The molecule has 94 valence electrons. The highest BCUT2D eigenvalue weighted by Crippen LogP contribution is 2.14. The highest BCUT2D eigenvalue weighted by atomic mass is 16.4. The predicted molar refractivity (Wildman–Crippen MR) is 63.1 cm³/mol. The Morgan fingerprint density at radius 3 is 2.12 bits per heavy atom. The summed E-state index contributed by atoms with van der Waals surface area (Å²) in [4.78, 5) is 21.9. The molecule has 0 aliphatic heterocycles. The Balaban J connectivity index is 3.85. The van der Waals surface area contributed by atoms with Crippen LogP contribution in [0.5, 0.6) is 0 Å². The van der Waals surface area contributed by atoms with Gasteiger partial charge in [-0.2, -0.15) is 0 Å². The quantitative estimate of drug-likeness (QED) is 0.702. The van der Waals surface area contributed by atoms with E-state index in [9.17, 15) is 9.59 Å². The lowest BCUT2D eigenvalue weighted by molar-refractivity contribution is -0.137. The molecule has 0 saturated carbocycles. The van der Waals surface area contributed by atoms with Gasteiger partial charge in [0, 0.05) is 12.5 Å². The summed E-state index contributed by atoms with van der Waals surface area (Å²) in [6, 6.07) is -0.295. The predicted octanol–water partition coefficient (Wildman–Crippen LogP) is 2.04. The van der Waals surface area contributed by atoms with Crippen molar-refractivity contribution in [3.05, 3.63) is 0 Å². The van der Waals surface area contributed by atoms with Crippen LogP contribution in [0.15, 0.2) is 0 Å². The van der Waals surface area contributed by atoms with E-state index in [1.54, 1.807) is 6.92 Å². The molecule has 0 saturated heterocycles. The first kappa shape index (κ1) is 14.9. The average molecular weight is 229 g/mol. The largest absolute Gasteiger partial charge is 0.481 e. The van der Waals surface area contributed by atoms with Crippen LogP contribution in [-0.2, 0) is 9.59 Å². The molecule has 4 nitrogen and oxygen atoms in total. The SMILES string of the molecule is CC(C)CC(C)CC(=O)NC(C)CC(=O)O. The summed E-state index contributed by atoms with van der Waals surface area (Å²) < 4.78 is 0. The Kier molecular flexibility index (Phi) is 6.77. The van der Waals surface area contributed by atoms with Crippen molar-refractivity contribution >= 4 is 11.9 Å². The fourth-order valence-corrected chi connectivity index (χ4v) is 1.85. The summed E-state index contributed by atoms with van der Waals surface area (Å²) in [5, 5.41) is 11.2. The van der Waals surface area contributed by atoms with Crippen LogP contribution in [0.4, 0.5) is 0 Å². The molecule has 0 spiro atoms. The molecule has 0 bridgehead atoms. The molecule has 4 heteroatoms. The minimum Gasteiger partial charge on any atom is -0.481 e. The molecule has 1 amide bonds. The number of hydrogen-bond donors (Lipinski definition) is 2. The van der Waals surface area contributed by atoms with E-state index >= 15 is 0 Å². The van der Waals surface area contributed by atoms with Crippen molar-refractivity contribution in [2.75, 3.05) is 0 Å². The molecule has 0 aromatic heterocycles. The van der Waals surface area contributed by atoms with Gasteiger partial charge < -0.3 is 10.4 Å². The highest BCUT2D eigenvalue weighted by Gasteiger charge is 2.14. The van der Waals surface area contributed by atoms with Crippen molar-refractivity contribution in [2.24, 2.45) is 11.8 Å². The number of nitrogens with one attached hydrogen (secondary N) is 1. The third-order valence-electron chi connectivity index (χ3n) is 2.30. The molecule has 0 fully saturated rings. The van der Waals surface area contributed by atoms with Crippen LogP contribution in [0.3, 0.4) is 0 Å². The maximum atomic E-state index is 11.5. The van der Waals surface area contributed by atoms with E-state index in [4.69, 9.17) is 5.11 Å². The first-order chi connectivity index (χ1) is 7.31. The standard InChI is InChI=1S/C12H23NO3/c1-8(2)5-9(3)6-11(14)13-10(4)7-12(15)16/h8-10H,5-7H2,1-4H3,(H,13,14)(H,15,16). The Morgan fingerprint density at radius 1 is 1.12 bits per heavy atom. The summed E-state index contributed by atoms with van der Waals surface area (Å²) in [5.41, 5.74) is 0. The monoisotopic (exact) mass is 229 g/mol. The third kappa shape index (κ3) is 8.26. The van der Waals surface area contributed by atoms with Gasteiger partial charge in [0.25, 0.3) is 0 Å². The Bertz CT molecular complexity index is 238. The molecule has 0 aromatic rings. The first-order valence-corrected chi connectivity index (χ1v) is 5.82. The molecule has 2 unspecified atom stereocenters. The minimum absolute atomic E-state index is 0.0235. The van der Waals surface area contributed by atoms with Gasteiger partial charge in [0.05, 0.1) is 6.42 Å². The topological polar surface area (TPSA) is 66.4 Å². The van der Waals surface area contributed by atoms with Crippen molar-refractivity contribution in [2.45, 2.75) is 53.0 Å². The molecule has 0 radical (unpaired) electrons. The normalized spacial score (nSPS) is 14.6. The van der Waals surface area contributed by atoms with Crippen LogP contribution >= 0.6 is 0 Å². The van der Waals surface area contributed by atoms with Crippen LogP contribution in [0.1, 0.15) is 47.0 Å². The first-order valence-electron chi connectivity index (χ1n) is 5.82. The second-order valence-corrected chi connectivity index (χ2v) is 5.01. The van der Waals surface area contributed by atoms with Crippen molar-refractivity contribution < 1.29 is 14.7 Å². The summed E-state index contributed by atoms with van der Waals surface area (Å²) in [6.45, 7) is 8.00. The number of rotatable bonds is 7. The van der Waals surface area contributed by atoms with E-state index in [-0.39, 0.29) is 18.4 Å². The summed E-state index contributed by atoms with van der Waals surface area (Å²) >= 11 is 0. The Hall–Kier alpha value is -1.06. The number of carboxylic acid groups (broad SMARTS) is 1. The lowest BCUT2D eigenvalue weighted by Gasteiger charge is -2.16. The maximum absolute atomic E-state index is 11.5. The fourth-order valence-electron chi connectivity index (χ4n) is 1.85. The molecule has 16 heavy (non-hydrogen) atoms. The van der Waals surface area contributed by atoms with Crippen molar-refractivity contribution in [1.29, 1.82) is 0 Å². The van der Waals surface area contributed by atoms with Crippen LogP contribution in [-0.4, -0.2) is 23.0 Å². The second-order valence-electron chi connectivity index (χ2n) is 5.01. The smallest absolute Gasteiger partial charge is 0.305 e. The molecular formula is C12H23NO3. The molecule has 2 atom stereocenters. The van der Waals surface area contributed by atoms with E-state index in [1.165, 1.54) is 0 Å². The minimum atomic E-state index is -0.886. The van der Waals surface area contributed by atoms with Crippen LogP contribution in [0.25, 0.3) is 0 Å². The number of amides is 1. The van der Waals surface area contributed by atoms with E-state index in [2.05, 4.69) is 19.2 Å². The summed E-state index contributed by atoms with van der Waals surface area (Å²) in [6.07, 6.45) is 1.47. The van der Waals surface area contributed by atoms with E-state index in [0.717, 1.165) is 6.42 Å². The van der Waals surface area contributed by atoms with E-state index < -0.39 is 5.97 Å². The number of carbonyl (C=O) groups excluding carboxylic acids is 1. The zero-order valence-corrected chi connectivity index (χ0v) is 10.6. The number of hydrogen-bond acceptors (Lipinski definition) is 2. The number of aliphatic carboxylic acids is 1. The van der Waals surface area contributed by atoms with E-state index in [1.807, 2.05) is 6.92 Å². The third-order valence-corrected chi connectivity index (χ3v) is 2.30. The Morgan fingerprint density at radius 2 is 1.69 bits per heavy atom. The van der Waals surface area contributed by atoms with Crippen LogP contribution in [0.2, 0.25) is 0 Å². The average Bonchev–Trinajstić information content (AvgIpc) is 1.97. The van der Waals surface area contributed by atoms with Crippen molar-refractivity contribution in [3.8, 4) is 0 Å². The van der Waals surface area contributed by atoms with Gasteiger partial charge in [-0.15, -0.1) is 0 Å². The van der Waals surface area contributed by atoms with E-state index in [0.29, 0.717) is 18.3 Å². The zero-order chi connectivity index (χ0) is 12.7. The molecule has 0 rings (SSSR count). The van der Waals surface area contributed by atoms with Crippen LogP contribution in [0, 0.1) is 11.8 Å². The molecule has 2 N–H and O–H groups in total. The van der Waals surface area contributed by atoms with Gasteiger partial charge in [-0.05, 0) is 25.2 Å². The molecule has 0 aromatic carbocycles. The van der Waals surface area contributed by atoms with Gasteiger partial charge in [0.2, 0.25) is 5.91 Å². The fraction of sp³-hybridized carbons (Fsp3) is 0.833. The van der Waals surface area contributed by atoms with Crippen LogP contribution < -0.4 is 5.32 Å². The zero-order valence-electron chi connectivity index (χ0n) is 10.6. The van der Waals surface area contributed by atoms with Gasteiger partial charge in [-0.25, -0.2) is 0 Å². The molecule has 0 heterocycles. The number of carbonyl (C=O) groups is 2. The summed E-state index contributed by atoms with van der Waals surface area (Å²) in [7, 11) is 0. The lowest BCUT2D eigenvalue weighted by Crippen LogP contribution is -2.35. The van der Waals surface area contributed by atoms with Gasteiger partial charge >= 0.3 is 5.97 Å². The van der Waals surface area contributed by atoms with Gasteiger partial charge in [-0.1, -0.05) is 20.8 Å². The maximum Gasteiger partial charge on any atom is 0.305 e. The molecular weight excluding hydrogens is 206 g/mol. The Labute approximate surface area is 97.4 Å². The number of carboxylic acids is 1. The van der Waals surface area contributed by atoms with Crippen molar-refractivity contribution in [3.63, 3.8) is 0 Å². The second kappa shape index (κ2) is 7.25. The highest BCUT2D eigenvalue weighted by molar-refractivity contribution is 5.77. The van der Waals surface area contributed by atoms with Crippen molar-refractivity contribution in [1.82, 2.24) is 5.32 Å². The molecule has 0 aliphatic carbocycles. The summed E-state index contributed by atoms with van der Waals surface area (Å²) in [5.74, 6) is -0.0128. The van der Waals surface area contributed by atoms with Gasteiger partial charge in [-0.3, -0.25) is 9.59 Å².